The topological polar surface area (TPSA) is 146 Å². The molecule has 12 heteroatoms. The minimum atomic E-state index is -1.43. The maximum absolute atomic E-state index is 12.1. The maximum atomic E-state index is 12.1. The van der Waals surface area contributed by atoms with E-state index in [0.29, 0.717) is 9.80 Å². The number of carbonyl (C=O) groups excluding carboxylic acids is 6. The first-order valence-corrected chi connectivity index (χ1v) is 8.24. The summed E-state index contributed by atoms with van der Waals surface area (Å²) in [5.41, 5.74) is 0. The number of carbonyl (C=O) groups is 6. The average Bonchev–Trinajstić information content (AvgIpc) is 3.16. The van der Waals surface area contributed by atoms with E-state index < -0.39 is 61.1 Å². The molecule has 0 aliphatic carbocycles. The van der Waals surface area contributed by atoms with E-state index in [1.54, 1.807) is 0 Å². The fraction of sp³-hybridized carbons (Fsp3) is 0.412. The van der Waals surface area contributed by atoms with Gasteiger partial charge in [0.25, 0.3) is 23.6 Å². The maximum Gasteiger partial charge on any atom is 0.328 e. The molecule has 2 aliphatic rings. The molecular formula is C17H18N2O10. The second-order valence-electron chi connectivity index (χ2n) is 5.77. The lowest BCUT2D eigenvalue weighted by molar-refractivity contribution is -0.213. The molecule has 2 heterocycles. The number of amides is 4. The van der Waals surface area contributed by atoms with Crippen molar-refractivity contribution < 1.29 is 47.7 Å². The Hall–Kier alpha value is -3.38. The van der Waals surface area contributed by atoms with Gasteiger partial charge in [-0.15, -0.1) is 0 Å². The van der Waals surface area contributed by atoms with Crippen molar-refractivity contribution in [2.75, 3.05) is 33.9 Å². The van der Waals surface area contributed by atoms with E-state index >= 15 is 0 Å². The van der Waals surface area contributed by atoms with E-state index in [0.717, 1.165) is 24.3 Å². The van der Waals surface area contributed by atoms with E-state index in [4.69, 9.17) is 18.9 Å². The summed E-state index contributed by atoms with van der Waals surface area (Å²) in [5.74, 6) is -4.64. The van der Waals surface area contributed by atoms with Crippen LogP contribution in [0.3, 0.4) is 0 Å². The van der Waals surface area contributed by atoms with E-state index in [2.05, 4.69) is 0 Å². The first-order chi connectivity index (χ1) is 13.8. The summed E-state index contributed by atoms with van der Waals surface area (Å²) < 4.78 is 20.1. The highest BCUT2D eigenvalue weighted by Gasteiger charge is 2.33. The lowest BCUT2D eigenvalue weighted by Crippen LogP contribution is -2.44. The van der Waals surface area contributed by atoms with Crippen molar-refractivity contribution >= 4 is 35.6 Å². The molecule has 0 aromatic carbocycles. The zero-order chi connectivity index (χ0) is 21.6. The summed E-state index contributed by atoms with van der Waals surface area (Å²) in [7, 11) is 2.46. The van der Waals surface area contributed by atoms with Crippen LogP contribution in [0.25, 0.3) is 0 Å². The third-order valence-corrected chi connectivity index (χ3v) is 3.77. The van der Waals surface area contributed by atoms with Gasteiger partial charge in [0.1, 0.15) is 13.1 Å². The van der Waals surface area contributed by atoms with E-state index in [9.17, 15) is 28.8 Å². The summed E-state index contributed by atoms with van der Waals surface area (Å²) >= 11 is 0. The van der Waals surface area contributed by atoms with Crippen LogP contribution in [0.2, 0.25) is 0 Å². The molecule has 0 fully saturated rings. The highest BCUT2D eigenvalue weighted by molar-refractivity contribution is 6.14. The Kier molecular flexibility index (Phi) is 7.33. The molecular weight excluding hydrogens is 392 g/mol. The molecule has 156 valence electrons. The quantitative estimate of drug-likeness (QED) is 0.223. The number of esters is 2. The Morgan fingerprint density at radius 2 is 1.21 bits per heavy atom. The molecule has 0 aromatic rings. The fourth-order valence-corrected chi connectivity index (χ4v) is 2.41. The van der Waals surface area contributed by atoms with Crippen LogP contribution in [-0.2, 0) is 47.7 Å². The lowest BCUT2D eigenvalue weighted by Gasteiger charge is -2.26. The first-order valence-electron chi connectivity index (χ1n) is 8.24. The van der Waals surface area contributed by atoms with Crippen LogP contribution < -0.4 is 0 Å². The minimum absolute atomic E-state index is 0.249. The standard InChI is InChI=1S/C17H18N2O10/c1-26-9-10(28-15(24)7-18-11(20)3-4-12(18)21)17(27-2)29-16(25)8-19-13(22)5-6-14(19)23/h3-6,10,17H,7-9H2,1-2H3. The Bertz CT molecular complexity index is 751. The molecule has 0 radical (unpaired) electrons. The molecule has 0 saturated carbocycles. The molecule has 29 heavy (non-hydrogen) atoms. The molecule has 0 N–H and O–H groups in total. The van der Waals surface area contributed by atoms with E-state index in [-0.39, 0.29) is 6.61 Å². The van der Waals surface area contributed by atoms with Crippen molar-refractivity contribution in [1.29, 1.82) is 0 Å². The normalized spacial score (nSPS) is 17.9. The molecule has 2 atom stereocenters. The Labute approximate surface area is 164 Å². The van der Waals surface area contributed by atoms with Gasteiger partial charge >= 0.3 is 11.9 Å². The van der Waals surface area contributed by atoms with Crippen molar-refractivity contribution in [3.63, 3.8) is 0 Å². The van der Waals surface area contributed by atoms with Gasteiger partial charge in [-0.1, -0.05) is 0 Å². The number of ether oxygens (including phenoxy) is 4. The van der Waals surface area contributed by atoms with Gasteiger partial charge in [0.05, 0.1) is 6.61 Å². The van der Waals surface area contributed by atoms with Crippen molar-refractivity contribution in [1.82, 2.24) is 9.80 Å². The smallest absolute Gasteiger partial charge is 0.328 e. The highest BCUT2D eigenvalue weighted by atomic mass is 16.7. The molecule has 0 saturated heterocycles. The van der Waals surface area contributed by atoms with Gasteiger partial charge in [-0.3, -0.25) is 38.6 Å². The highest BCUT2D eigenvalue weighted by Crippen LogP contribution is 2.11. The second kappa shape index (κ2) is 9.71. The number of methoxy groups -OCH3 is 2. The van der Waals surface area contributed by atoms with Crippen molar-refractivity contribution in [3.8, 4) is 0 Å². The van der Waals surface area contributed by atoms with Crippen LogP contribution in [0.15, 0.2) is 24.3 Å². The van der Waals surface area contributed by atoms with Crippen LogP contribution >= 0.6 is 0 Å². The molecule has 4 amide bonds. The molecule has 0 spiro atoms. The van der Waals surface area contributed by atoms with Gasteiger partial charge < -0.3 is 18.9 Å². The van der Waals surface area contributed by atoms with Gasteiger partial charge in [-0.25, -0.2) is 0 Å². The van der Waals surface area contributed by atoms with Gasteiger partial charge in [0, 0.05) is 38.5 Å². The number of imide groups is 2. The summed E-state index contributed by atoms with van der Waals surface area (Å²) in [6, 6.07) is 0. The summed E-state index contributed by atoms with van der Waals surface area (Å²) in [5, 5.41) is 0. The van der Waals surface area contributed by atoms with Crippen molar-refractivity contribution in [2.45, 2.75) is 12.4 Å². The average molecular weight is 410 g/mol. The van der Waals surface area contributed by atoms with Gasteiger partial charge in [-0.05, 0) is 0 Å². The Morgan fingerprint density at radius 1 is 0.793 bits per heavy atom. The van der Waals surface area contributed by atoms with Crippen LogP contribution in [0.5, 0.6) is 0 Å². The molecule has 12 nitrogen and oxygen atoms in total. The molecule has 2 aliphatic heterocycles. The predicted molar refractivity (Wildman–Crippen MR) is 90.4 cm³/mol. The number of hydrogen-bond acceptors (Lipinski definition) is 10. The monoisotopic (exact) mass is 410 g/mol. The fourth-order valence-electron chi connectivity index (χ4n) is 2.41. The zero-order valence-corrected chi connectivity index (χ0v) is 15.6. The van der Waals surface area contributed by atoms with Crippen LogP contribution in [-0.4, -0.2) is 91.7 Å². The molecule has 0 aromatic heterocycles. The number of rotatable bonds is 10. The van der Waals surface area contributed by atoms with Gasteiger partial charge in [-0.2, -0.15) is 0 Å². The zero-order valence-electron chi connectivity index (χ0n) is 15.6. The SMILES string of the molecule is COCC(OC(=O)CN1C(=O)C=CC1=O)C(OC)OC(=O)CN1C(=O)C=CC1=O. The first kappa shape index (κ1) is 21.9. The van der Waals surface area contributed by atoms with Crippen molar-refractivity contribution in [2.24, 2.45) is 0 Å². The lowest BCUT2D eigenvalue weighted by atomic mass is 10.3. The largest absolute Gasteiger partial charge is 0.452 e. The van der Waals surface area contributed by atoms with Crippen LogP contribution in [0.4, 0.5) is 0 Å². The second-order valence-corrected chi connectivity index (χ2v) is 5.77. The summed E-state index contributed by atoms with van der Waals surface area (Å²) in [6.45, 7) is -1.57. The van der Waals surface area contributed by atoms with Gasteiger partial charge in [0.15, 0.2) is 6.10 Å². The number of nitrogens with zero attached hydrogens (tertiary/aromatic N) is 2. The molecule has 2 rings (SSSR count). The Morgan fingerprint density at radius 3 is 1.59 bits per heavy atom. The molecule has 2 unspecified atom stereocenters. The summed E-state index contributed by atoms with van der Waals surface area (Å²) in [6.07, 6.45) is 1.36. The Balaban J connectivity index is 1.95. The van der Waals surface area contributed by atoms with Crippen molar-refractivity contribution in [3.05, 3.63) is 24.3 Å². The van der Waals surface area contributed by atoms with Crippen LogP contribution in [0, 0.1) is 0 Å². The predicted octanol–water partition coefficient (Wildman–Crippen LogP) is -2.09. The number of hydrogen-bond donors (Lipinski definition) is 0. The molecule has 0 bridgehead atoms. The van der Waals surface area contributed by atoms with E-state index in [1.807, 2.05) is 0 Å². The third kappa shape index (κ3) is 5.56. The van der Waals surface area contributed by atoms with E-state index in [1.165, 1.54) is 14.2 Å². The van der Waals surface area contributed by atoms with Crippen LogP contribution in [0.1, 0.15) is 0 Å². The van der Waals surface area contributed by atoms with Gasteiger partial charge in [0.2, 0.25) is 6.29 Å². The third-order valence-electron chi connectivity index (χ3n) is 3.77. The minimum Gasteiger partial charge on any atom is -0.452 e. The summed E-state index contributed by atoms with van der Waals surface area (Å²) in [4.78, 5) is 71.5.